The van der Waals surface area contributed by atoms with Crippen LogP contribution in [0.15, 0.2) is 24.3 Å². The fraction of sp³-hybridized carbons (Fsp3) is 0.529. The molecule has 2 amide bonds. The highest BCUT2D eigenvalue weighted by Gasteiger charge is 2.34. The van der Waals surface area contributed by atoms with Crippen molar-refractivity contribution >= 4 is 11.8 Å². The molecule has 5 nitrogen and oxygen atoms in total. The number of aliphatic hydroxyl groups excluding tert-OH is 1. The first kappa shape index (κ1) is 16.5. The molecule has 0 bridgehead atoms. The van der Waals surface area contributed by atoms with E-state index in [0.29, 0.717) is 0 Å². The van der Waals surface area contributed by atoms with E-state index in [1.54, 1.807) is 0 Å². The largest absolute Gasteiger partial charge is 0.391 e. The molecule has 1 saturated carbocycles. The standard InChI is InChI=1S/C17H24N2O3/c1-10-6-4-5-7-14(10)11(2)18-17(22)15(12(3)20)19-16(21)13-8-9-13/h4-7,11-13,15,20H,8-9H2,1-3H3,(H,18,22)(H,19,21). The molecule has 1 aliphatic rings. The molecule has 5 heteroatoms. The third-order valence-corrected chi connectivity index (χ3v) is 4.02. The number of benzene rings is 1. The number of aliphatic hydroxyl groups is 1. The van der Waals surface area contributed by atoms with Gasteiger partial charge in [0.15, 0.2) is 0 Å². The van der Waals surface area contributed by atoms with Gasteiger partial charge in [0, 0.05) is 5.92 Å². The fourth-order valence-corrected chi connectivity index (χ4v) is 2.48. The van der Waals surface area contributed by atoms with E-state index in [-0.39, 0.29) is 23.8 Å². The predicted octanol–water partition coefficient (Wildman–Crippen LogP) is 1.45. The average Bonchev–Trinajstić information content (AvgIpc) is 3.28. The second-order valence-corrected chi connectivity index (χ2v) is 6.09. The Morgan fingerprint density at radius 1 is 1.18 bits per heavy atom. The summed E-state index contributed by atoms with van der Waals surface area (Å²) in [6.45, 7) is 5.39. The molecule has 22 heavy (non-hydrogen) atoms. The summed E-state index contributed by atoms with van der Waals surface area (Å²) in [4.78, 5) is 24.2. The van der Waals surface area contributed by atoms with Crippen LogP contribution in [0.1, 0.15) is 43.9 Å². The normalized spacial score (nSPS) is 18.2. The van der Waals surface area contributed by atoms with Crippen molar-refractivity contribution in [1.29, 1.82) is 0 Å². The van der Waals surface area contributed by atoms with Crippen LogP contribution in [0.5, 0.6) is 0 Å². The summed E-state index contributed by atoms with van der Waals surface area (Å²) in [6.07, 6.45) is 0.783. The van der Waals surface area contributed by atoms with Crippen LogP contribution in [0.2, 0.25) is 0 Å². The molecule has 120 valence electrons. The Balaban J connectivity index is 2.01. The number of carbonyl (C=O) groups is 2. The molecule has 1 fully saturated rings. The molecule has 1 aromatic carbocycles. The molecule has 2 rings (SSSR count). The van der Waals surface area contributed by atoms with E-state index < -0.39 is 12.1 Å². The molecule has 0 aromatic heterocycles. The maximum absolute atomic E-state index is 12.4. The van der Waals surface area contributed by atoms with Gasteiger partial charge in [0.25, 0.3) is 0 Å². The molecule has 0 spiro atoms. The van der Waals surface area contributed by atoms with Crippen LogP contribution in [-0.2, 0) is 9.59 Å². The number of hydrogen-bond donors (Lipinski definition) is 3. The topological polar surface area (TPSA) is 78.4 Å². The van der Waals surface area contributed by atoms with E-state index in [0.717, 1.165) is 24.0 Å². The fourth-order valence-electron chi connectivity index (χ4n) is 2.48. The molecular formula is C17H24N2O3. The van der Waals surface area contributed by atoms with Crippen molar-refractivity contribution in [3.05, 3.63) is 35.4 Å². The summed E-state index contributed by atoms with van der Waals surface area (Å²) in [5, 5.41) is 15.3. The van der Waals surface area contributed by atoms with Crippen LogP contribution in [0, 0.1) is 12.8 Å². The Morgan fingerprint density at radius 3 is 2.36 bits per heavy atom. The van der Waals surface area contributed by atoms with Gasteiger partial charge in [0.1, 0.15) is 6.04 Å². The second kappa shape index (κ2) is 6.92. The monoisotopic (exact) mass is 304 g/mol. The van der Waals surface area contributed by atoms with Crippen LogP contribution in [0.25, 0.3) is 0 Å². The first-order chi connectivity index (χ1) is 10.4. The van der Waals surface area contributed by atoms with Crippen LogP contribution in [0.4, 0.5) is 0 Å². The quantitative estimate of drug-likeness (QED) is 0.744. The smallest absolute Gasteiger partial charge is 0.245 e. The number of rotatable bonds is 6. The summed E-state index contributed by atoms with van der Waals surface area (Å²) >= 11 is 0. The van der Waals surface area contributed by atoms with Crippen molar-refractivity contribution < 1.29 is 14.7 Å². The van der Waals surface area contributed by atoms with Gasteiger partial charge >= 0.3 is 0 Å². The maximum Gasteiger partial charge on any atom is 0.245 e. The Bertz CT molecular complexity index is 553. The summed E-state index contributed by atoms with van der Waals surface area (Å²) < 4.78 is 0. The molecular weight excluding hydrogens is 280 g/mol. The Hall–Kier alpha value is -1.88. The summed E-state index contributed by atoms with van der Waals surface area (Å²) in [5.74, 6) is -0.507. The minimum absolute atomic E-state index is 0.00263. The summed E-state index contributed by atoms with van der Waals surface area (Å²) in [5.41, 5.74) is 2.11. The number of hydrogen-bond acceptors (Lipinski definition) is 3. The maximum atomic E-state index is 12.4. The van der Waals surface area contributed by atoms with E-state index >= 15 is 0 Å². The average molecular weight is 304 g/mol. The van der Waals surface area contributed by atoms with Crippen molar-refractivity contribution in [3.63, 3.8) is 0 Å². The highest BCUT2D eigenvalue weighted by molar-refractivity contribution is 5.90. The lowest BCUT2D eigenvalue weighted by Gasteiger charge is -2.24. The first-order valence-corrected chi connectivity index (χ1v) is 7.74. The van der Waals surface area contributed by atoms with Crippen LogP contribution in [0.3, 0.4) is 0 Å². The predicted molar refractivity (Wildman–Crippen MR) is 84.1 cm³/mol. The van der Waals surface area contributed by atoms with Gasteiger partial charge in [-0.2, -0.15) is 0 Å². The number of nitrogens with one attached hydrogen (secondary N) is 2. The van der Waals surface area contributed by atoms with E-state index in [1.165, 1.54) is 6.92 Å². The van der Waals surface area contributed by atoms with Gasteiger partial charge in [-0.1, -0.05) is 24.3 Å². The van der Waals surface area contributed by atoms with Crippen molar-refractivity contribution in [2.45, 2.75) is 51.8 Å². The van der Waals surface area contributed by atoms with Crippen molar-refractivity contribution in [2.24, 2.45) is 5.92 Å². The van der Waals surface area contributed by atoms with E-state index in [4.69, 9.17) is 0 Å². The minimum Gasteiger partial charge on any atom is -0.391 e. The van der Waals surface area contributed by atoms with Gasteiger partial charge in [0.05, 0.1) is 12.1 Å². The van der Waals surface area contributed by atoms with Gasteiger partial charge in [-0.3, -0.25) is 9.59 Å². The molecule has 0 aliphatic heterocycles. The van der Waals surface area contributed by atoms with Gasteiger partial charge in [-0.15, -0.1) is 0 Å². The van der Waals surface area contributed by atoms with Crippen molar-refractivity contribution in [1.82, 2.24) is 10.6 Å². The highest BCUT2D eigenvalue weighted by Crippen LogP contribution is 2.29. The zero-order chi connectivity index (χ0) is 16.3. The Labute approximate surface area is 131 Å². The number of aryl methyl sites for hydroxylation is 1. The summed E-state index contributed by atoms with van der Waals surface area (Å²) in [6, 6.07) is 6.71. The lowest BCUT2D eigenvalue weighted by atomic mass is 10.0. The third-order valence-electron chi connectivity index (χ3n) is 4.02. The Morgan fingerprint density at radius 2 is 1.82 bits per heavy atom. The molecule has 0 saturated heterocycles. The SMILES string of the molecule is Cc1ccccc1C(C)NC(=O)C(NC(=O)C1CC1)C(C)O. The number of carbonyl (C=O) groups excluding carboxylic acids is 2. The molecule has 0 heterocycles. The summed E-state index contributed by atoms with van der Waals surface area (Å²) in [7, 11) is 0. The molecule has 3 N–H and O–H groups in total. The van der Waals surface area contributed by atoms with Crippen LogP contribution in [-0.4, -0.2) is 29.1 Å². The van der Waals surface area contributed by atoms with Crippen molar-refractivity contribution in [3.8, 4) is 0 Å². The molecule has 1 aliphatic carbocycles. The zero-order valence-electron chi connectivity index (χ0n) is 13.3. The molecule has 1 aromatic rings. The zero-order valence-corrected chi connectivity index (χ0v) is 13.3. The first-order valence-electron chi connectivity index (χ1n) is 7.74. The number of amides is 2. The van der Waals surface area contributed by atoms with Gasteiger partial charge in [-0.05, 0) is 44.7 Å². The van der Waals surface area contributed by atoms with Gasteiger partial charge in [-0.25, -0.2) is 0 Å². The van der Waals surface area contributed by atoms with Crippen molar-refractivity contribution in [2.75, 3.05) is 0 Å². The highest BCUT2D eigenvalue weighted by atomic mass is 16.3. The lowest BCUT2D eigenvalue weighted by Crippen LogP contribution is -2.53. The molecule has 3 atom stereocenters. The van der Waals surface area contributed by atoms with Gasteiger partial charge in [0.2, 0.25) is 11.8 Å². The van der Waals surface area contributed by atoms with Gasteiger partial charge < -0.3 is 15.7 Å². The Kier molecular flexibility index (Phi) is 5.19. The van der Waals surface area contributed by atoms with E-state index in [2.05, 4.69) is 10.6 Å². The van der Waals surface area contributed by atoms with Crippen LogP contribution >= 0.6 is 0 Å². The van der Waals surface area contributed by atoms with E-state index in [9.17, 15) is 14.7 Å². The second-order valence-electron chi connectivity index (χ2n) is 6.09. The van der Waals surface area contributed by atoms with E-state index in [1.807, 2.05) is 38.1 Å². The minimum atomic E-state index is -0.938. The molecule has 3 unspecified atom stereocenters. The van der Waals surface area contributed by atoms with Crippen LogP contribution < -0.4 is 10.6 Å². The third kappa shape index (κ3) is 4.07. The molecule has 0 radical (unpaired) electrons. The lowest BCUT2D eigenvalue weighted by molar-refractivity contribution is -0.132.